The Morgan fingerprint density at radius 3 is 2.43 bits per heavy atom. The molecule has 3 rings (SSSR count). The van der Waals surface area contributed by atoms with E-state index in [0.29, 0.717) is 0 Å². The molecule has 144 valence electrons. The Balaban J connectivity index is 1.83. The minimum Gasteiger partial charge on any atom is -0.369 e. The molecule has 1 unspecified atom stereocenters. The highest BCUT2D eigenvalue weighted by molar-refractivity contribution is 5.71. The number of hydrogen-bond acceptors (Lipinski definition) is 2. The van der Waals surface area contributed by atoms with Crippen LogP contribution >= 0.6 is 0 Å². The molecule has 2 heteroatoms. The molecule has 2 nitrogen and oxygen atoms in total. The number of aliphatic hydroxyl groups is 1. The summed E-state index contributed by atoms with van der Waals surface area (Å²) >= 11 is 0. The quantitative estimate of drug-likeness (QED) is 0.496. The van der Waals surface area contributed by atoms with Gasteiger partial charge >= 0.3 is 0 Å². The second-order valence-electron chi connectivity index (χ2n) is 7.16. The van der Waals surface area contributed by atoms with Crippen molar-refractivity contribution in [3.05, 3.63) is 101 Å². The highest BCUT2D eigenvalue weighted by Gasteiger charge is 2.13. The molecule has 0 fully saturated rings. The van der Waals surface area contributed by atoms with Gasteiger partial charge in [-0.2, -0.15) is 0 Å². The van der Waals surface area contributed by atoms with Crippen molar-refractivity contribution >= 4 is 5.70 Å². The van der Waals surface area contributed by atoms with Crippen LogP contribution in [0, 0.1) is 6.92 Å². The minimum atomic E-state index is -0.797. The first kappa shape index (κ1) is 19.9. The third kappa shape index (κ3) is 4.35. The topological polar surface area (TPSA) is 32.3 Å². The van der Waals surface area contributed by atoms with Gasteiger partial charge in [0.25, 0.3) is 0 Å². The average Bonchev–Trinajstić information content (AvgIpc) is 2.73. The zero-order valence-corrected chi connectivity index (χ0v) is 17.0. The lowest BCUT2D eigenvalue weighted by Crippen LogP contribution is -2.19. The lowest BCUT2D eigenvalue weighted by Gasteiger charge is -2.19. The first-order valence-electron chi connectivity index (χ1n) is 9.95. The molecule has 28 heavy (non-hydrogen) atoms. The van der Waals surface area contributed by atoms with E-state index in [1.807, 2.05) is 18.2 Å². The lowest BCUT2D eigenvalue weighted by atomic mass is 9.93. The molecule has 0 spiro atoms. The first-order valence-corrected chi connectivity index (χ1v) is 9.95. The van der Waals surface area contributed by atoms with Gasteiger partial charge in [0, 0.05) is 11.3 Å². The van der Waals surface area contributed by atoms with E-state index in [2.05, 4.69) is 81.2 Å². The van der Waals surface area contributed by atoms with Gasteiger partial charge in [-0.25, -0.2) is 0 Å². The van der Waals surface area contributed by atoms with Crippen LogP contribution in [-0.2, 0) is 12.8 Å². The van der Waals surface area contributed by atoms with Crippen LogP contribution in [-0.4, -0.2) is 5.11 Å². The van der Waals surface area contributed by atoms with Gasteiger partial charge in [-0.1, -0.05) is 81.1 Å². The van der Waals surface area contributed by atoms with Crippen molar-refractivity contribution in [2.45, 2.75) is 39.8 Å². The molecule has 0 radical (unpaired) electrons. The highest BCUT2D eigenvalue weighted by atomic mass is 16.3. The van der Waals surface area contributed by atoms with Gasteiger partial charge in [0.05, 0.1) is 0 Å². The van der Waals surface area contributed by atoms with Gasteiger partial charge in [0.15, 0.2) is 6.23 Å². The Kier molecular flexibility index (Phi) is 6.33. The summed E-state index contributed by atoms with van der Waals surface area (Å²) in [6, 6.07) is 22.9. The number of aliphatic hydroxyl groups excluding tert-OH is 1. The van der Waals surface area contributed by atoms with Crippen molar-refractivity contribution in [3.8, 4) is 11.1 Å². The smallest absolute Gasteiger partial charge is 0.150 e. The second kappa shape index (κ2) is 8.90. The van der Waals surface area contributed by atoms with E-state index in [0.717, 1.165) is 29.7 Å². The van der Waals surface area contributed by atoms with Crippen molar-refractivity contribution in [2.24, 2.45) is 0 Å². The SMILES string of the molecule is C=C(NC(O)c1ccc(-c2ccccc2C)c(CC)c1)c1cccc(CC)c1. The molecular weight excluding hydrogens is 342 g/mol. The summed E-state index contributed by atoms with van der Waals surface area (Å²) in [5.41, 5.74) is 8.79. The van der Waals surface area contributed by atoms with Crippen LogP contribution < -0.4 is 5.32 Å². The summed E-state index contributed by atoms with van der Waals surface area (Å²) in [5, 5.41) is 13.9. The maximum absolute atomic E-state index is 10.7. The molecule has 0 saturated heterocycles. The summed E-state index contributed by atoms with van der Waals surface area (Å²) < 4.78 is 0. The Labute approximate surface area is 168 Å². The van der Waals surface area contributed by atoms with E-state index < -0.39 is 6.23 Å². The van der Waals surface area contributed by atoms with Gasteiger partial charge in [-0.3, -0.25) is 0 Å². The van der Waals surface area contributed by atoms with Crippen LogP contribution in [0.15, 0.2) is 73.3 Å². The molecule has 3 aromatic rings. The number of aryl methyl sites for hydroxylation is 3. The fraction of sp³-hybridized carbons (Fsp3) is 0.231. The van der Waals surface area contributed by atoms with E-state index in [4.69, 9.17) is 0 Å². The standard InChI is InChI=1S/C26H29NO/c1-5-20-11-9-12-22(16-20)19(4)27-26(28)23-14-15-25(21(6-2)17-23)24-13-8-7-10-18(24)3/h7-17,26-28H,4-6H2,1-3H3. The highest BCUT2D eigenvalue weighted by Crippen LogP contribution is 2.29. The number of rotatable bonds is 7. The maximum Gasteiger partial charge on any atom is 0.150 e. The molecule has 0 heterocycles. The van der Waals surface area contributed by atoms with Gasteiger partial charge < -0.3 is 10.4 Å². The van der Waals surface area contributed by atoms with E-state index >= 15 is 0 Å². The molecule has 0 aromatic heterocycles. The van der Waals surface area contributed by atoms with Crippen LogP contribution in [0.25, 0.3) is 16.8 Å². The van der Waals surface area contributed by atoms with Crippen molar-refractivity contribution in [1.29, 1.82) is 0 Å². The third-order valence-corrected chi connectivity index (χ3v) is 5.26. The van der Waals surface area contributed by atoms with Crippen LogP contribution in [0.5, 0.6) is 0 Å². The van der Waals surface area contributed by atoms with Crippen LogP contribution in [0.2, 0.25) is 0 Å². The summed E-state index contributed by atoms with van der Waals surface area (Å²) in [7, 11) is 0. The maximum atomic E-state index is 10.7. The monoisotopic (exact) mass is 371 g/mol. The largest absolute Gasteiger partial charge is 0.369 e. The molecule has 0 aliphatic carbocycles. The predicted octanol–water partition coefficient (Wildman–Crippen LogP) is 6.04. The summed E-state index contributed by atoms with van der Waals surface area (Å²) in [6.45, 7) is 10.5. The Morgan fingerprint density at radius 2 is 1.71 bits per heavy atom. The molecular formula is C26H29NO. The van der Waals surface area contributed by atoms with Gasteiger partial charge in [-0.05, 0) is 59.2 Å². The van der Waals surface area contributed by atoms with Crippen LogP contribution in [0.4, 0.5) is 0 Å². The number of nitrogens with one attached hydrogen (secondary N) is 1. The zero-order valence-electron chi connectivity index (χ0n) is 17.0. The lowest BCUT2D eigenvalue weighted by molar-refractivity contribution is 0.159. The van der Waals surface area contributed by atoms with Gasteiger partial charge in [0.1, 0.15) is 0 Å². The Morgan fingerprint density at radius 1 is 0.929 bits per heavy atom. The summed E-state index contributed by atoms with van der Waals surface area (Å²) in [6.07, 6.45) is 1.09. The van der Waals surface area contributed by atoms with E-state index in [1.54, 1.807) is 0 Å². The van der Waals surface area contributed by atoms with Crippen LogP contribution in [0.3, 0.4) is 0 Å². The van der Waals surface area contributed by atoms with Crippen molar-refractivity contribution in [3.63, 3.8) is 0 Å². The Bertz CT molecular complexity index is 974. The van der Waals surface area contributed by atoms with Crippen molar-refractivity contribution < 1.29 is 5.11 Å². The van der Waals surface area contributed by atoms with Crippen molar-refractivity contribution in [2.75, 3.05) is 0 Å². The molecule has 0 aliphatic heterocycles. The molecule has 1 atom stereocenters. The zero-order chi connectivity index (χ0) is 20.1. The fourth-order valence-electron chi connectivity index (χ4n) is 3.52. The normalized spacial score (nSPS) is 11.9. The Hall–Kier alpha value is -2.84. The molecule has 0 amide bonds. The summed E-state index contributed by atoms with van der Waals surface area (Å²) in [5.74, 6) is 0. The minimum absolute atomic E-state index is 0.726. The molecule has 0 bridgehead atoms. The van der Waals surface area contributed by atoms with Gasteiger partial charge in [0.2, 0.25) is 0 Å². The summed E-state index contributed by atoms with van der Waals surface area (Å²) in [4.78, 5) is 0. The predicted molar refractivity (Wildman–Crippen MR) is 119 cm³/mol. The second-order valence-corrected chi connectivity index (χ2v) is 7.16. The average molecular weight is 372 g/mol. The van der Waals surface area contributed by atoms with Gasteiger partial charge in [-0.15, -0.1) is 0 Å². The number of benzene rings is 3. The van der Waals surface area contributed by atoms with E-state index in [1.165, 1.54) is 27.8 Å². The molecule has 2 N–H and O–H groups in total. The van der Waals surface area contributed by atoms with E-state index in [9.17, 15) is 5.11 Å². The van der Waals surface area contributed by atoms with Crippen molar-refractivity contribution in [1.82, 2.24) is 5.32 Å². The fourth-order valence-corrected chi connectivity index (χ4v) is 3.52. The molecule has 0 saturated carbocycles. The first-order chi connectivity index (χ1) is 13.5. The third-order valence-electron chi connectivity index (χ3n) is 5.26. The molecule has 3 aromatic carbocycles. The van der Waals surface area contributed by atoms with Crippen LogP contribution in [0.1, 0.15) is 47.9 Å². The number of hydrogen-bond donors (Lipinski definition) is 2. The molecule has 0 aliphatic rings. The van der Waals surface area contributed by atoms with E-state index in [-0.39, 0.29) is 0 Å².